The number of fused-ring (bicyclic) bond motifs is 1. The zero-order valence-corrected chi connectivity index (χ0v) is 24.0. The summed E-state index contributed by atoms with van der Waals surface area (Å²) >= 11 is 12.7. The van der Waals surface area contributed by atoms with Crippen LogP contribution in [-0.2, 0) is 11.2 Å². The standard InChI is InChI=1S/C30H31Cl2N5O2/c1-18-24(21-10-7-11-22(31)25(21)32)23(17-33)35-27(34-18)37-14-12-30(13-15-37)16-19-8-5-6-9-20(19)26(30)36-28(38)39-29(2,3)4/h5-11,26H,12-16H2,1-4H3,(H,36,38)/t26-/m1/s1. The topological polar surface area (TPSA) is 91.1 Å². The number of rotatable bonds is 3. The lowest BCUT2D eigenvalue weighted by Crippen LogP contribution is -2.48. The molecule has 1 aliphatic heterocycles. The third kappa shape index (κ3) is 5.28. The first-order valence-corrected chi connectivity index (χ1v) is 13.8. The molecule has 5 rings (SSSR count). The summed E-state index contributed by atoms with van der Waals surface area (Å²) in [5, 5.41) is 13.9. The Morgan fingerprint density at radius 1 is 1.13 bits per heavy atom. The van der Waals surface area contributed by atoms with Crippen molar-refractivity contribution in [3.8, 4) is 17.2 Å². The molecular weight excluding hydrogens is 533 g/mol. The number of nitriles is 1. The van der Waals surface area contributed by atoms with Crippen molar-refractivity contribution < 1.29 is 9.53 Å². The van der Waals surface area contributed by atoms with Crippen molar-refractivity contribution >= 4 is 35.2 Å². The van der Waals surface area contributed by atoms with Crippen molar-refractivity contribution in [3.05, 3.63) is 75.0 Å². The Balaban J connectivity index is 1.40. The lowest BCUT2D eigenvalue weighted by atomic mass is 9.73. The Kier molecular flexibility index (Phi) is 7.21. The Morgan fingerprint density at radius 3 is 2.54 bits per heavy atom. The highest BCUT2D eigenvalue weighted by molar-refractivity contribution is 6.43. The van der Waals surface area contributed by atoms with Crippen molar-refractivity contribution in [1.82, 2.24) is 15.3 Å². The Hall–Kier alpha value is -3.34. The van der Waals surface area contributed by atoms with E-state index in [-0.39, 0.29) is 17.2 Å². The highest BCUT2D eigenvalue weighted by atomic mass is 35.5. The molecule has 2 aromatic carbocycles. The Labute approximate surface area is 239 Å². The zero-order chi connectivity index (χ0) is 27.9. The van der Waals surface area contributed by atoms with E-state index in [0.29, 0.717) is 45.9 Å². The van der Waals surface area contributed by atoms with Crippen molar-refractivity contribution in [2.75, 3.05) is 18.0 Å². The van der Waals surface area contributed by atoms with Crippen molar-refractivity contribution in [3.63, 3.8) is 0 Å². The number of carbonyl (C=O) groups is 1. The number of amides is 1. The van der Waals surface area contributed by atoms with Crippen LogP contribution in [0.15, 0.2) is 42.5 Å². The van der Waals surface area contributed by atoms with Gasteiger partial charge in [-0.1, -0.05) is 59.6 Å². The third-order valence-electron chi connectivity index (χ3n) is 7.63. The Bertz CT molecular complexity index is 1470. The number of hydrogen-bond donors (Lipinski definition) is 1. The molecule has 202 valence electrons. The minimum Gasteiger partial charge on any atom is -0.444 e. The molecule has 3 aromatic rings. The van der Waals surface area contributed by atoms with E-state index in [2.05, 4.69) is 33.4 Å². The average Bonchev–Trinajstić information content (AvgIpc) is 3.17. The highest BCUT2D eigenvalue weighted by Crippen LogP contribution is 2.52. The van der Waals surface area contributed by atoms with Crippen LogP contribution in [0.1, 0.15) is 62.2 Å². The van der Waals surface area contributed by atoms with E-state index in [1.165, 1.54) is 5.56 Å². The lowest BCUT2D eigenvalue weighted by Gasteiger charge is -2.43. The number of benzene rings is 2. The fraction of sp³-hybridized carbons (Fsp3) is 0.400. The number of anilines is 1. The number of ether oxygens (including phenoxy) is 1. The Morgan fingerprint density at radius 2 is 1.85 bits per heavy atom. The quantitative estimate of drug-likeness (QED) is 0.367. The maximum atomic E-state index is 12.8. The van der Waals surface area contributed by atoms with Crippen LogP contribution in [0.5, 0.6) is 0 Å². The van der Waals surface area contributed by atoms with Gasteiger partial charge in [0.15, 0.2) is 5.69 Å². The van der Waals surface area contributed by atoms with Gasteiger partial charge in [-0.05, 0) is 64.2 Å². The molecule has 0 radical (unpaired) electrons. The summed E-state index contributed by atoms with van der Waals surface area (Å²) in [6.07, 6.45) is 2.13. The van der Waals surface area contributed by atoms with E-state index < -0.39 is 11.7 Å². The fourth-order valence-electron chi connectivity index (χ4n) is 5.86. The fourth-order valence-corrected chi connectivity index (χ4v) is 6.26. The summed E-state index contributed by atoms with van der Waals surface area (Å²) in [7, 11) is 0. The smallest absolute Gasteiger partial charge is 0.408 e. The average molecular weight is 565 g/mol. The van der Waals surface area contributed by atoms with E-state index in [4.69, 9.17) is 32.9 Å². The maximum Gasteiger partial charge on any atom is 0.408 e. The SMILES string of the molecule is Cc1nc(N2CCC3(CC2)Cc2ccccc2[C@H]3NC(=O)OC(C)(C)C)nc(C#N)c1-c1cccc(Cl)c1Cl. The van der Waals surface area contributed by atoms with Crippen LogP contribution in [0.25, 0.3) is 11.1 Å². The normalized spacial score (nSPS) is 18.0. The van der Waals surface area contributed by atoms with Gasteiger partial charge in [-0.2, -0.15) is 5.26 Å². The first kappa shape index (κ1) is 27.2. The number of alkyl carbamates (subject to hydrolysis) is 1. The van der Waals surface area contributed by atoms with Gasteiger partial charge in [0, 0.05) is 29.6 Å². The van der Waals surface area contributed by atoms with Crippen LogP contribution in [-0.4, -0.2) is 34.8 Å². The van der Waals surface area contributed by atoms with Gasteiger partial charge in [-0.25, -0.2) is 14.8 Å². The van der Waals surface area contributed by atoms with E-state index in [0.717, 1.165) is 24.8 Å². The van der Waals surface area contributed by atoms with Gasteiger partial charge in [-0.15, -0.1) is 0 Å². The largest absolute Gasteiger partial charge is 0.444 e. The molecule has 1 aliphatic carbocycles. The minimum atomic E-state index is -0.576. The van der Waals surface area contributed by atoms with Gasteiger partial charge in [0.25, 0.3) is 0 Å². The van der Waals surface area contributed by atoms with Crippen LogP contribution in [0.2, 0.25) is 10.0 Å². The monoisotopic (exact) mass is 563 g/mol. The van der Waals surface area contributed by atoms with Gasteiger partial charge in [-0.3, -0.25) is 0 Å². The molecule has 1 aromatic heterocycles. The summed E-state index contributed by atoms with van der Waals surface area (Å²) in [5.41, 5.74) is 3.86. The molecule has 1 N–H and O–H groups in total. The minimum absolute atomic E-state index is 0.140. The van der Waals surface area contributed by atoms with Gasteiger partial charge in [0.05, 0.1) is 21.8 Å². The van der Waals surface area contributed by atoms with E-state index in [1.54, 1.807) is 12.1 Å². The number of aryl methyl sites for hydroxylation is 1. The molecule has 2 heterocycles. The van der Waals surface area contributed by atoms with E-state index in [9.17, 15) is 10.1 Å². The molecule has 1 atom stereocenters. The molecule has 2 aliphatic rings. The van der Waals surface area contributed by atoms with Crippen LogP contribution < -0.4 is 10.2 Å². The second kappa shape index (κ2) is 10.3. The molecule has 1 amide bonds. The summed E-state index contributed by atoms with van der Waals surface area (Å²) in [6.45, 7) is 8.86. The third-order valence-corrected chi connectivity index (χ3v) is 8.45. The van der Waals surface area contributed by atoms with Crippen molar-refractivity contribution in [2.24, 2.45) is 5.41 Å². The second-order valence-corrected chi connectivity index (χ2v) is 12.1. The zero-order valence-electron chi connectivity index (χ0n) is 22.5. The number of aromatic nitrogens is 2. The van der Waals surface area contributed by atoms with Gasteiger partial charge >= 0.3 is 6.09 Å². The van der Waals surface area contributed by atoms with Crippen LogP contribution >= 0.6 is 23.2 Å². The van der Waals surface area contributed by atoms with E-state index in [1.807, 2.05) is 45.9 Å². The molecule has 1 saturated heterocycles. The molecule has 39 heavy (non-hydrogen) atoms. The number of halogens is 2. The number of piperidine rings is 1. The molecule has 0 unspecified atom stereocenters. The second-order valence-electron chi connectivity index (χ2n) is 11.4. The molecular formula is C30H31Cl2N5O2. The van der Waals surface area contributed by atoms with Crippen LogP contribution in [0.4, 0.5) is 10.7 Å². The number of nitrogens with zero attached hydrogens (tertiary/aromatic N) is 4. The van der Waals surface area contributed by atoms with Crippen LogP contribution in [0.3, 0.4) is 0 Å². The maximum absolute atomic E-state index is 12.8. The van der Waals surface area contributed by atoms with Crippen molar-refractivity contribution in [2.45, 2.75) is 58.6 Å². The summed E-state index contributed by atoms with van der Waals surface area (Å²) in [4.78, 5) is 24.4. The summed E-state index contributed by atoms with van der Waals surface area (Å²) < 4.78 is 5.61. The first-order chi connectivity index (χ1) is 18.5. The molecule has 1 fully saturated rings. The highest BCUT2D eigenvalue weighted by Gasteiger charge is 2.49. The molecule has 0 saturated carbocycles. The molecule has 0 bridgehead atoms. The number of nitrogens with one attached hydrogen (secondary N) is 1. The van der Waals surface area contributed by atoms with E-state index >= 15 is 0 Å². The molecule has 7 nitrogen and oxygen atoms in total. The van der Waals surface area contributed by atoms with Crippen molar-refractivity contribution in [1.29, 1.82) is 5.26 Å². The first-order valence-electron chi connectivity index (χ1n) is 13.1. The summed E-state index contributed by atoms with van der Waals surface area (Å²) in [5.74, 6) is 0.521. The predicted molar refractivity (Wildman–Crippen MR) is 153 cm³/mol. The van der Waals surface area contributed by atoms with Gasteiger partial charge < -0.3 is 15.0 Å². The molecule has 9 heteroatoms. The number of carbonyl (C=O) groups excluding carboxylic acids is 1. The molecule has 1 spiro atoms. The van der Waals surface area contributed by atoms with Gasteiger partial charge in [0.1, 0.15) is 11.7 Å². The number of hydrogen-bond acceptors (Lipinski definition) is 6. The predicted octanol–water partition coefficient (Wildman–Crippen LogP) is 7.04. The van der Waals surface area contributed by atoms with Crippen LogP contribution in [0, 0.1) is 23.7 Å². The van der Waals surface area contributed by atoms with Gasteiger partial charge in [0.2, 0.25) is 5.95 Å². The lowest BCUT2D eigenvalue weighted by molar-refractivity contribution is 0.0428. The summed E-state index contributed by atoms with van der Waals surface area (Å²) in [6, 6.07) is 15.7.